The van der Waals surface area contributed by atoms with Gasteiger partial charge in [0.1, 0.15) is 17.9 Å². The first kappa shape index (κ1) is 14.4. The van der Waals surface area contributed by atoms with Crippen LogP contribution in [0.25, 0.3) is 0 Å². The highest BCUT2D eigenvalue weighted by atomic mass is 16.1. The molecule has 106 valence electrons. The molecule has 0 bridgehead atoms. The van der Waals surface area contributed by atoms with Crippen molar-refractivity contribution in [3.8, 4) is 0 Å². The Morgan fingerprint density at radius 3 is 2.80 bits per heavy atom. The zero-order valence-corrected chi connectivity index (χ0v) is 12.0. The second-order valence-electron chi connectivity index (χ2n) is 4.95. The summed E-state index contributed by atoms with van der Waals surface area (Å²) in [6, 6.07) is 10.3. The maximum atomic E-state index is 12.0. The predicted octanol–water partition coefficient (Wildman–Crippen LogP) is 2.82. The van der Waals surface area contributed by atoms with Crippen molar-refractivity contribution in [3.05, 3.63) is 48.0 Å². The van der Waals surface area contributed by atoms with Gasteiger partial charge in [0.2, 0.25) is 0 Å². The SMILES string of the molecule is CCCn1ncnc1CC(=O)CCCc1ccccc1. The van der Waals surface area contributed by atoms with Crippen molar-refractivity contribution < 1.29 is 4.79 Å². The van der Waals surface area contributed by atoms with Crippen LogP contribution in [0.4, 0.5) is 0 Å². The Morgan fingerprint density at radius 1 is 1.25 bits per heavy atom. The first-order valence-corrected chi connectivity index (χ1v) is 7.22. The summed E-state index contributed by atoms with van der Waals surface area (Å²) in [6.07, 6.45) is 5.38. The number of nitrogens with zero attached hydrogens (tertiary/aromatic N) is 3. The molecule has 0 saturated carbocycles. The van der Waals surface area contributed by atoms with Gasteiger partial charge in [-0.3, -0.25) is 4.79 Å². The van der Waals surface area contributed by atoms with Crippen LogP contribution in [-0.2, 0) is 24.2 Å². The van der Waals surface area contributed by atoms with E-state index in [-0.39, 0.29) is 5.78 Å². The highest BCUT2D eigenvalue weighted by molar-refractivity contribution is 5.80. The predicted molar refractivity (Wildman–Crippen MR) is 78.4 cm³/mol. The van der Waals surface area contributed by atoms with E-state index in [2.05, 4.69) is 29.1 Å². The zero-order valence-electron chi connectivity index (χ0n) is 12.0. The van der Waals surface area contributed by atoms with E-state index in [0.29, 0.717) is 12.8 Å². The highest BCUT2D eigenvalue weighted by Gasteiger charge is 2.09. The van der Waals surface area contributed by atoms with E-state index < -0.39 is 0 Å². The topological polar surface area (TPSA) is 47.8 Å². The van der Waals surface area contributed by atoms with Gasteiger partial charge in [0, 0.05) is 13.0 Å². The first-order chi connectivity index (χ1) is 9.79. The molecule has 0 aliphatic rings. The van der Waals surface area contributed by atoms with Gasteiger partial charge < -0.3 is 0 Å². The maximum Gasteiger partial charge on any atom is 0.140 e. The second kappa shape index (κ2) is 7.58. The van der Waals surface area contributed by atoms with E-state index in [4.69, 9.17) is 0 Å². The lowest BCUT2D eigenvalue weighted by Crippen LogP contribution is -2.11. The summed E-state index contributed by atoms with van der Waals surface area (Å²) in [4.78, 5) is 16.1. The van der Waals surface area contributed by atoms with Gasteiger partial charge in [0.15, 0.2) is 0 Å². The number of benzene rings is 1. The summed E-state index contributed by atoms with van der Waals surface area (Å²) in [5, 5.41) is 4.14. The normalized spacial score (nSPS) is 10.7. The average molecular weight is 271 g/mol. The van der Waals surface area contributed by atoms with E-state index in [1.54, 1.807) is 0 Å². The van der Waals surface area contributed by atoms with Gasteiger partial charge in [0.05, 0.1) is 6.42 Å². The summed E-state index contributed by atoms with van der Waals surface area (Å²) in [5.74, 6) is 1.03. The molecule has 1 aromatic heterocycles. The van der Waals surface area contributed by atoms with Gasteiger partial charge in [-0.25, -0.2) is 9.67 Å². The lowest BCUT2D eigenvalue weighted by atomic mass is 10.1. The molecule has 4 heteroatoms. The number of aromatic nitrogens is 3. The van der Waals surface area contributed by atoms with Crippen LogP contribution in [0.15, 0.2) is 36.7 Å². The Bertz CT molecular complexity index is 534. The Hall–Kier alpha value is -1.97. The molecule has 20 heavy (non-hydrogen) atoms. The van der Waals surface area contributed by atoms with Crippen LogP contribution in [0, 0.1) is 0 Å². The number of rotatable bonds is 8. The third kappa shape index (κ3) is 4.30. The Morgan fingerprint density at radius 2 is 2.05 bits per heavy atom. The van der Waals surface area contributed by atoms with Crippen LogP contribution < -0.4 is 0 Å². The van der Waals surface area contributed by atoms with Gasteiger partial charge in [-0.05, 0) is 24.8 Å². The molecule has 4 nitrogen and oxygen atoms in total. The molecule has 0 radical (unpaired) electrons. The number of hydrogen-bond acceptors (Lipinski definition) is 3. The fourth-order valence-corrected chi connectivity index (χ4v) is 2.22. The summed E-state index contributed by atoms with van der Waals surface area (Å²) >= 11 is 0. The Kier molecular flexibility index (Phi) is 5.47. The molecule has 0 spiro atoms. The Labute approximate surface area is 119 Å². The molecule has 0 N–H and O–H groups in total. The van der Waals surface area contributed by atoms with Crippen molar-refractivity contribution in [1.29, 1.82) is 0 Å². The zero-order chi connectivity index (χ0) is 14.2. The Balaban J connectivity index is 1.76. The molecule has 0 aliphatic carbocycles. The molecular formula is C16H21N3O. The lowest BCUT2D eigenvalue weighted by Gasteiger charge is -2.04. The molecule has 2 aromatic rings. The van der Waals surface area contributed by atoms with Crippen molar-refractivity contribution in [1.82, 2.24) is 14.8 Å². The molecule has 1 heterocycles. The quantitative estimate of drug-likeness (QED) is 0.741. The molecule has 1 aromatic carbocycles. The van der Waals surface area contributed by atoms with Crippen molar-refractivity contribution in [2.75, 3.05) is 0 Å². The van der Waals surface area contributed by atoms with Crippen molar-refractivity contribution in [2.45, 2.75) is 45.6 Å². The van der Waals surface area contributed by atoms with E-state index in [1.807, 2.05) is 22.9 Å². The molecule has 2 rings (SSSR count). The summed E-state index contributed by atoms with van der Waals surface area (Å²) in [7, 11) is 0. The molecule has 0 fully saturated rings. The number of aryl methyl sites for hydroxylation is 2. The standard InChI is InChI=1S/C16H21N3O/c1-2-11-19-16(17-13-18-19)12-15(20)10-6-9-14-7-4-3-5-8-14/h3-5,7-8,13H,2,6,9-12H2,1H3. The molecule has 0 amide bonds. The monoisotopic (exact) mass is 271 g/mol. The average Bonchev–Trinajstić information content (AvgIpc) is 2.88. The fraction of sp³-hybridized carbons (Fsp3) is 0.438. The van der Waals surface area contributed by atoms with Crippen LogP contribution in [0.2, 0.25) is 0 Å². The molecule has 0 atom stereocenters. The maximum absolute atomic E-state index is 12.0. The number of ketones is 1. The van der Waals surface area contributed by atoms with Crippen molar-refractivity contribution in [3.63, 3.8) is 0 Å². The third-order valence-corrected chi connectivity index (χ3v) is 3.25. The van der Waals surface area contributed by atoms with Crippen molar-refractivity contribution in [2.24, 2.45) is 0 Å². The van der Waals surface area contributed by atoms with Crippen LogP contribution in [0.1, 0.15) is 37.6 Å². The molecule has 0 unspecified atom stereocenters. The number of carbonyl (C=O) groups is 1. The number of carbonyl (C=O) groups excluding carboxylic acids is 1. The summed E-state index contributed by atoms with van der Waals surface area (Å²) < 4.78 is 1.83. The molecular weight excluding hydrogens is 250 g/mol. The van der Waals surface area contributed by atoms with Gasteiger partial charge in [-0.15, -0.1) is 0 Å². The second-order valence-corrected chi connectivity index (χ2v) is 4.95. The summed E-state index contributed by atoms with van der Waals surface area (Å²) in [6.45, 7) is 2.92. The van der Waals surface area contributed by atoms with E-state index in [1.165, 1.54) is 11.9 Å². The van der Waals surface area contributed by atoms with Crippen LogP contribution >= 0.6 is 0 Å². The first-order valence-electron chi connectivity index (χ1n) is 7.22. The lowest BCUT2D eigenvalue weighted by molar-refractivity contribution is -0.118. The highest BCUT2D eigenvalue weighted by Crippen LogP contribution is 2.07. The summed E-state index contributed by atoms with van der Waals surface area (Å²) in [5.41, 5.74) is 1.29. The van der Waals surface area contributed by atoms with E-state index >= 15 is 0 Å². The van der Waals surface area contributed by atoms with E-state index in [0.717, 1.165) is 31.6 Å². The number of Topliss-reactive ketones (excluding diaryl/α,β-unsaturated/α-hetero) is 1. The van der Waals surface area contributed by atoms with Gasteiger partial charge in [-0.2, -0.15) is 5.10 Å². The molecule has 0 saturated heterocycles. The van der Waals surface area contributed by atoms with Gasteiger partial charge >= 0.3 is 0 Å². The van der Waals surface area contributed by atoms with Gasteiger partial charge in [-0.1, -0.05) is 37.3 Å². The largest absolute Gasteiger partial charge is 0.299 e. The van der Waals surface area contributed by atoms with Crippen molar-refractivity contribution >= 4 is 5.78 Å². The van der Waals surface area contributed by atoms with Crippen LogP contribution in [-0.4, -0.2) is 20.5 Å². The fourth-order valence-electron chi connectivity index (χ4n) is 2.22. The third-order valence-electron chi connectivity index (χ3n) is 3.25. The van der Waals surface area contributed by atoms with Crippen LogP contribution in [0.5, 0.6) is 0 Å². The van der Waals surface area contributed by atoms with E-state index in [9.17, 15) is 4.79 Å². The molecule has 0 aliphatic heterocycles. The minimum absolute atomic E-state index is 0.242. The minimum Gasteiger partial charge on any atom is -0.299 e. The van der Waals surface area contributed by atoms with Crippen LogP contribution in [0.3, 0.4) is 0 Å². The smallest absolute Gasteiger partial charge is 0.140 e. The van der Waals surface area contributed by atoms with Gasteiger partial charge in [0.25, 0.3) is 0 Å². The number of hydrogen-bond donors (Lipinski definition) is 0. The minimum atomic E-state index is 0.242.